The van der Waals surface area contributed by atoms with Crippen LogP contribution < -0.4 is 16.4 Å². The number of primary amides is 1. The summed E-state index contributed by atoms with van der Waals surface area (Å²) in [6, 6.07) is 6.93. The number of rotatable bonds is 6. The smallest absolute Gasteiger partial charge is 0.248 e. The number of hydrogen-bond donors (Lipinski definition) is 3. The first kappa shape index (κ1) is 17.4. The molecule has 0 saturated carbocycles. The molecule has 19 heavy (non-hydrogen) atoms. The lowest BCUT2D eigenvalue weighted by Gasteiger charge is -2.11. The minimum Gasteiger partial charge on any atom is -0.366 e. The Kier molecular flexibility index (Phi) is 7.79. The molecule has 0 aliphatic heterocycles. The van der Waals surface area contributed by atoms with Gasteiger partial charge in [0.25, 0.3) is 0 Å². The molecule has 2 amide bonds. The fraction of sp³-hybridized carbons (Fsp3) is 0.385. The highest BCUT2D eigenvalue weighted by Crippen LogP contribution is 2.05. The Morgan fingerprint density at radius 2 is 2.05 bits per heavy atom. The molecule has 1 atom stereocenters. The number of nitrogens with one attached hydrogen (secondary N) is 2. The molecule has 4 N–H and O–H groups in total. The standard InChI is InChI=1S/C13H19N3O2.ClH/c1-9(7-15-2)13(18)16-8-10-4-3-5-11(6-10)12(14)17;/h3-6,9,15H,7-8H2,1-2H3,(H2,14,17)(H,16,18);1H. The SMILES string of the molecule is CNCC(C)C(=O)NCc1cccc(C(N)=O)c1.Cl. The van der Waals surface area contributed by atoms with E-state index in [4.69, 9.17) is 5.73 Å². The molecule has 1 unspecified atom stereocenters. The molecule has 0 fully saturated rings. The van der Waals surface area contributed by atoms with E-state index < -0.39 is 5.91 Å². The van der Waals surface area contributed by atoms with Crippen molar-refractivity contribution in [2.75, 3.05) is 13.6 Å². The Labute approximate surface area is 119 Å². The van der Waals surface area contributed by atoms with Gasteiger partial charge in [0.05, 0.1) is 0 Å². The minimum absolute atomic E-state index is 0. The minimum atomic E-state index is -0.466. The second kappa shape index (κ2) is 8.50. The molecule has 0 saturated heterocycles. The van der Waals surface area contributed by atoms with E-state index >= 15 is 0 Å². The fourth-order valence-corrected chi connectivity index (χ4v) is 1.60. The molecule has 0 spiro atoms. The van der Waals surface area contributed by atoms with Crippen molar-refractivity contribution in [1.82, 2.24) is 10.6 Å². The molecule has 6 heteroatoms. The van der Waals surface area contributed by atoms with E-state index in [2.05, 4.69) is 10.6 Å². The molecule has 1 rings (SSSR count). The van der Waals surface area contributed by atoms with E-state index in [1.807, 2.05) is 13.0 Å². The van der Waals surface area contributed by atoms with Gasteiger partial charge in [0.2, 0.25) is 11.8 Å². The summed E-state index contributed by atoms with van der Waals surface area (Å²) in [6.45, 7) is 2.88. The van der Waals surface area contributed by atoms with Crippen molar-refractivity contribution in [2.24, 2.45) is 11.7 Å². The number of halogens is 1. The van der Waals surface area contributed by atoms with Crippen LogP contribution in [-0.4, -0.2) is 25.4 Å². The van der Waals surface area contributed by atoms with Gasteiger partial charge in [-0.05, 0) is 24.7 Å². The Bertz CT molecular complexity index is 438. The number of hydrogen-bond acceptors (Lipinski definition) is 3. The molecular weight excluding hydrogens is 266 g/mol. The van der Waals surface area contributed by atoms with Gasteiger partial charge < -0.3 is 16.4 Å². The Hall–Kier alpha value is -1.59. The summed E-state index contributed by atoms with van der Waals surface area (Å²) < 4.78 is 0. The summed E-state index contributed by atoms with van der Waals surface area (Å²) in [4.78, 5) is 22.7. The van der Waals surface area contributed by atoms with Crippen LogP contribution in [0.3, 0.4) is 0 Å². The van der Waals surface area contributed by atoms with Gasteiger partial charge in [0, 0.05) is 24.6 Å². The van der Waals surface area contributed by atoms with Crippen LogP contribution in [-0.2, 0) is 11.3 Å². The van der Waals surface area contributed by atoms with Gasteiger partial charge in [-0.3, -0.25) is 9.59 Å². The third kappa shape index (κ3) is 5.72. The third-order valence-electron chi connectivity index (χ3n) is 2.64. The summed E-state index contributed by atoms with van der Waals surface area (Å²) in [7, 11) is 1.81. The maximum absolute atomic E-state index is 11.7. The highest BCUT2D eigenvalue weighted by molar-refractivity contribution is 5.92. The highest BCUT2D eigenvalue weighted by Gasteiger charge is 2.11. The lowest BCUT2D eigenvalue weighted by molar-refractivity contribution is -0.124. The molecule has 0 aliphatic rings. The van der Waals surface area contributed by atoms with Crippen molar-refractivity contribution in [3.05, 3.63) is 35.4 Å². The van der Waals surface area contributed by atoms with Crippen molar-refractivity contribution in [1.29, 1.82) is 0 Å². The summed E-state index contributed by atoms with van der Waals surface area (Å²) in [5.41, 5.74) is 6.50. The van der Waals surface area contributed by atoms with Gasteiger partial charge in [-0.15, -0.1) is 12.4 Å². The Balaban J connectivity index is 0.00000324. The highest BCUT2D eigenvalue weighted by atomic mass is 35.5. The lowest BCUT2D eigenvalue weighted by atomic mass is 10.1. The predicted molar refractivity (Wildman–Crippen MR) is 77.1 cm³/mol. The van der Waals surface area contributed by atoms with E-state index in [9.17, 15) is 9.59 Å². The average molecular weight is 286 g/mol. The van der Waals surface area contributed by atoms with Crippen LogP contribution in [0.15, 0.2) is 24.3 Å². The number of amides is 2. The maximum Gasteiger partial charge on any atom is 0.248 e. The molecule has 0 aliphatic carbocycles. The third-order valence-corrected chi connectivity index (χ3v) is 2.64. The quantitative estimate of drug-likeness (QED) is 0.719. The van der Waals surface area contributed by atoms with E-state index in [-0.39, 0.29) is 24.2 Å². The first-order chi connectivity index (χ1) is 8.54. The van der Waals surface area contributed by atoms with Crippen LogP contribution in [0.4, 0.5) is 0 Å². The van der Waals surface area contributed by atoms with E-state index in [1.54, 1.807) is 25.2 Å². The van der Waals surface area contributed by atoms with Crippen LogP contribution >= 0.6 is 12.4 Å². The van der Waals surface area contributed by atoms with Gasteiger partial charge >= 0.3 is 0 Å². The summed E-state index contributed by atoms with van der Waals surface area (Å²) in [6.07, 6.45) is 0. The lowest BCUT2D eigenvalue weighted by Crippen LogP contribution is -2.33. The summed E-state index contributed by atoms with van der Waals surface area (Å²) >= 11 is 0. The second-order valence-corrected chi connectivity index (χ2v) is 4.24. The monoisotopic (exact) mass is 285 g/mol. The number of carbonyl (C=O) groups excluding carboxylic acids is 2. The Morgan fingerprint density at radius 3 is 2.63 bits per heavy atom. The second-order valence-electron chi connectivity index (χ2n) is 4.24. The molecule has 0 bridgehead atoms. The maximum atomic E-state index is 11.7. The Morgan fingerprint density at radius 1 is 1.37 bits per heavy atom. The largest absolute Gasteiger partial charge is 0.366 e. The molecule has 5 nitrogen and oxygen atoms in total. The van der Waals surface area contributed by atoms with Gasteiger partial charge in [0.1, 0.15) is 0 Å². The molecule has 0 heterocycles. The van der Waals surface area contributed by atoms with Gasteiger partial charge in [-0.25, -0.2) is 0 Å². The van der Waals surface area contributed by atoms with Crippen LogP contribution in [0.2, 0.25) is 0 Å². The van der Waals surface area contributed by atoms with Crippen molar-refractivity contribution in [3.8, 4) is 0 Å². The molecule has 0 radical (unpaired) electrons. The zero-order valence-electron chi connectivity index (χ0n) is 11.1. The zero-order chi connectivity index (χ0) is 13.5. The van der Waals surface area contributed by atoms with Crippen molar-refractivity contribution in [3.63, 3.8) is 0 Å². The van der Waals surface area contributed by atoms with Crippen LogP contribution in [0.25, 0.3) is 0 Å². The van der Waals surface area contributed by atoms with Gasteiger partial charge in [-0.1, -0.05) is 19.1 Å². The topological polar surface area (TPSA) is 84.2 Å². The van der Waals surface area contributed by atoms with E-state index in [0.717, 1.165) is 5.56 Å². The molecule has 106 valence electrons. The number of nitrogens with two attached hydrogens (primary N) is 1. The van der Waals surface area contributed by atoms with Crippen LogP contribution in [0.5, 0.6) is 0 Å². The predicted octanol–water partition coefficient (Wildman–Crippen LogP) is 0.679. The molecule has 0 aromatic heterocycles. The first-order valence-corrected chi connectivity index (χ1v) is 5.85. The van der Waals surface area contributed by atoms with Crippen LogP contribution in [0, 0.1) is 5.92 Å². The molecule has 1 aromatic rings. The van der Waals surface area contributed by atoms with Crippen molar-refractivity contribution < 1.29 is 9.59 Å². The molecule has 1 aromatic carbocycles. The number of carbonyl (C=O) groups is 2. The zero-order valence-corrected chi connectivity index (χ0v) is 11.9. The van der Waals surface area contributed by atoms with E-state index in [0.29, 0.717) is 18.7 Å². The first-order valence-electron chi connectivity index (χ1n) is 5.85. The average Bonchev–Trinajstić information content (AvgIpc) is 2.36. The van der Waals surface area contributed by atoms with Crippen molar-refractivity contribution in [2.45, 2.75) is 13.5 Å². The van der Waals surface area contributed by atoms with Crippen LogP contribution in [0.1, 0.15) is 22.8 Å². The number of benzene rings is 1. The van der Waals surface area contributed by atoms with Crippen molar-refractivity contribution >= 4 is 24.2 Å². The van der Waals surface area contributed by atoms with Gasteiger partial charge in [0.15, 0.2) is 0 Å². The fourth-order valence-electron chi connectivity index (χ4n) is 1.60. The summed E-state index contributed by atoms with van der Waals surface area (Å²) in [5.74, 6) is -0.574. The van der Waals surface area contributed by atoms with E-state index in [1.165, 1.54) is 0 Å². The van der Waals surface area contributed by atoms with Gasteiger partial charge in [-0.2, -0.15) is 0 Å². The summed E-state index contributed by atoms with van der Waals surface area (Å²) in [5, 5.41) is 5.77. The normalized spacial score (nSPS) is 11.3. The molecular formula is C13H20ClN3O2.